The van der Waals surface area contributed by atoms with Crippen molar-refractivity contribution in [3.63, 3.8) is 0 Å². The third-order valence-electron chi connectivity index (χ3n) is 5.21. The Hall–Kier alpha value is -3.47. The average molecular weight is 482 g/mol. The lowest BCUT2D eigenvalue weighted by atomic mass is 10.2. The summed E-state index contributed by atoms with van der Waals surface area (Å²) in [5, 5.41) is 9.85. The molecule has 0 saturated carbocycles. The Bertz CT molecular complexity index is 1160. The number of H-pyrrole nitrogens is 1. The van der Waals surface area contributed by atoms with E-state index >= 15 is 0 Å². The van der Waals surface area contributed by atoms with Crippen LogP contribution in [0, 0.1) is 0 Å². The van der Waals surface area contributed by atoms with Crippen LogP contribution in [0.1, 0.15) is 10.5 Å². The predicted octanol–water partition coefficient (Wildman–Crippen LogP) is 3.19. The predicted molar refractivity (Wildman–Crippen MR) is 115 cm³/mol. The van der Waals surface area contributed by atoms with Gasteiger partial charge in [0.15, 0.2) is 5.69 Å². The molecular weight excluding hydrogens is 463 g/mol. The van der Waals surface area contributed by atoms with Crippen LogP contribution in [-0.2, 0) is 4.79 Å². The molecule has 2 N–H and O–H groups in total. The van der Waals surface area contributed by atoms with E-state index in [0.717, 1.165) is 17.8 Å². The van der Waals surface area contributed by atoms with Crippen LogP contribution in [0.2, 0.25) is 5.02 Å². The Kier molecular flexibility index (Phi) is 6.32. The van der Waals surface area contributed by atoms with Crippen LogP contribution in [0.15, 0.2) is 42.5 Å². The van der Waals surface area contributed by atoms with Gasteiger partial charge in [-0.05, 0) is 36.4 Å². The lowest BCUT2D eigenvalue weighted by molar-refractivity contribution is -0.274. The summed E-state index contributed by atoms with van der Waals surface area (Å²) in [6.07, 6.45) is -4.82. The SMILES string of the molecule is O=C(NCC(=O)N1CCN(c2ccc(Cl)cc2)CC1)c1n[nH]c2cc(OC(F)(F)F)ccc12. The minimum Gasteiger partial charge on any atom is -0.406 e. The molecule has 0 unspecified atom stereocenters. The molecule has 174 valence electrons. The zero-order valence-electron chi connectivity index (χ0n) is 17.2. The molecule has 1 aliphatic rings. The van der Waals surface area contributed by atoms with E-state index in [-0.39, 0.29) is 23.7 Å². The van der Waals surface area contributed by atoms with Gasteiger partial charge < -0.3 is 19.9 Å². The van der Waals surface area contributed by atoms with Crippen LogP contribution < -0.4 is 15.0 Å². The van der Waals surface area contributed by atoms with E-state index in [1.54, 1.807) is 4.90 Å². The van der Waals surface area contributed by atoms with Gasteiger partial charge in [-0.1, -0.05) is 11.6 Å². The van der Waals surface area contributed by atoms with Crippen molar-refractivity contribution in [2.45, 2.75) is 6.36 Å². The fourth-order valence-corrected chi connectivity index (χ4v) is 3.71. The lowest BCUT2D eigenvalue weighted by Crippen LogP contribution is -2.51. The monoisotopic (exact) mass is 481 g/mol. The van der Waals surface area contributed by atoms with Gasteiger partial charge in [0.1, 0.15) is 5.75 Å². The van der Waals surface area contributed by atoms with Gasteiger partial charge in [0.2, 0.25) is 5.91 Å². The van der Waals surface area contributed by atoms with Crippen molar-refractivity contribution < 1.29 is 27.5 Å². The van der Waals surface area contributed by atoms with Crippen molar-refractivity contribution >= 4 is 40.0 Å². The molecular formula is C21H19ClF3N5O3. The first-order valence-electron chi connectivity index (χ1n) is 10.00. The Morgan fingerprint density at radius 3 is 2.45 bits per heavy atom. The van der Waals surface area contributed by atoms with E-state index in [0.29, 0.717) is 36.6 Å². The molecule has 0 radical (unpaired) electrons. The van der Waals surface area contributed by atoms with E-state index < -0.39 is 18.0 Å². The molecule has 1 aliphatic heterocycles. The van der Waals surface area contributed by atoms with Gasteiger partial charge in [-0.2, -0.15) is 5.10 Å². The van der Waals surface area contributed by atoms with E-state index in [2.05, 4.69) is 25.2 Å². The van der Waals surface area contributed by atoms with Crippen LogP contribution in [-0.4, -0.2) is 66.0 Å². The molecule has 0 aliphatic carbocycles. The zero-order chi connectivity index (χ0) is 23.6. The highest BCUT2D eigenvalue weighted by atomic mass is 35.5. The number of benzene rings is 2. The van der Waals surface area contributed by atoms with Crippen molar-refractivity contribution in [3.05, 3.63) is 53.2 Å². The summed E-state index contributed by atoms with van der Waals surface area (Å²) < 4.78 is 41.0. The van der Waals surface area contributed by atoms with Gasteiger partial charge in [0.25, 0.3) is 5.91 Å². The Labute approximate surface area is 191 Å². The van der Waals surface area contributed by atoms with E-state index in [1.165, 1.54) is 6.07 Å². The molecule has 4 rings (SSSR count). The number of hydrogen-bond acceptors (Lipinski definition) is 5. The van der Waals surface area contributed by atoms with E-state index in [9.17, 15) is 22.8 Å². The number of carbonyl (C=O) groups is 2. The molecule has 0 spiro atoms. The number of ether oxygens (including phenoxy) is 1. The number of alkyl halides is 3. The quantitative estimate of drug-likeness (QED) is 0.584. The molecule has 12 heteroatoms. The van der Waals surface area contributed by atoms with Gasteiger partial charge in [0, 0.05) is 48.3 Å². The Balaban J connectivity index is 1.31. The second-order valence-corrected chi connectivity index (χ2v) is 7.79. The lowest BCUT2D eigenvalue weighted by Gasteiger charge is -2.36. The maximum atomic E-state index is 12.5. The van der Waals surface area contributed by atoms with Crippen molar-refractivity contribution in [2.24, 2.45) is 0 Å². The van der Waals surface area contributed by atoms with Crippen LogP contribution in [0.25, 0.3) is 10.9 Å². The Morgan fingerprint density at radius 1 is 1.09 bits per heavy atom. The number of fused-ring (bicyclic) bond motifs is 1. The van der Waals surface area contributed by atoms with E-state index in [1.807, 2.05) is 24.3 Å². The molecule has 3 aromatic rings. The van der Waals surface area contributed by atoms with Crippen molar-refractivity contribution in [2.75, 3.05) is 37.6 Å². The van der Waals surface area contributed by atoms with E-state index in [4.69, 9.17) is 11.6 Å². The van der Waals surface area contributed by atoms with Crippen molar-refractivity contribution in [3.8, 4) is 5.75 Å². The molecule has 33 heavy (non-hydrogen) atoms. The zero-order valence-corrected chi connectivity index (χ0v) is 17.9. The molecule has 0 bridgehead atoms. The largest absolute Gasteiger partial charge is 0.573 e. The highest BCUT2D eigenvalue weighted by Gasteiger charge is 2.31. The number of aromatic amines is 1. The first kappa shape index (κ1) is 22.7. The second kappa shape index (κ2) is 9.18. The minimum absolute atomic E-state index is 0.0242. The summed E-state index contributed by atoms with van der Waals surface area (Å²) in [6.45, 7) is 2.08. The number of nitrogens with zero attached hydrogens (tertiary/aromatic N) is 3. The first-order valence-corrected chi connectivity index (χ1v) is 10.4. The van der Waals surface area contributed by atoms with Gasteiger partial charge in [-0.25, -0.2) is 0 Å². The Morgan fingerprint density at radius 2 is 1.79 bits per heavy atom. The number of rotatable bonds is 5. The summed E-state index contributed by atoms with van der Waals surface area (Å²) in [4.78, 5) is 28.8. The fourth-order valence-electron chi connectivity index (χ4n) is 3.59. The number of nitrogens with one attached hydrogen (secondary N) is 2. The smallest absolute Gasteiger partial charge is 0.406 e. The number of anilines is 1. The third-order valence-corrected chi connectivity index (χ3v) is 5.46. The number of amides is 2. The van der Waals surface area contributed by atoms with Gasteiger partial charge in [0.05, 0.1) is 12.1 Å². The number of piperazine rings is 1. The number of halogens is 4. The molecule has 1 saturated heterocycles. The maximum Gasteiger partial charge on any atom is 0.573 e. The summed E-state index contributed by atoms with van der Waals surface area (Å²) in [7, 11) is 0. The minimum atomic E-state index is -4.82. The van der Waals surface area contributed by atoms with Crippen LogP contribution in [0.3, 0.4) is 0 Å². The molecule has 2 amide bonds. The molecule has 1 fully saturated rings. The standard InChI is InChI=1S/C21H19ClF3N5O3/c22-13-1-3-14(4-2-13)29-7-9-30(10-8-29)18(31)12-26-20(32)19-16-6-5-15(33-21(23,24)25)11-17(16)27-28-19/h1-6,11H,7-10,12H2,(H,26,32)(H,27,28). The van der Waals surface area contributed by atoms with Gasteiger partial charge in [-0.15, -0.1) is 13.2 Å². The van der Waals surface area contributed by atoms with Gasteiger partial charge in [-0.3, -0.25) is 14.7 Å². The molecule has 1 aromatic heterocycles. The normalized spacial score (nSPS) is 14.4. The van der Waals surface area contributed by atoms with Gasteiger partial charge >= 0.3 is 6.36 Å². The third kappa shape index (κ3) is 5.48. The first-order chi connectivity index (χ1) is 15.7. The topological polar surface area (TPSA) is 90.6 Å². The fraction of sp³-hybridized carbons (Fsp3) is 0.286. The molecule has 2 aromatic carbocycles. The summed E-state index contributed by atoms with van der Waals surface area (Å²) in [6, 6.07) is 11.0. The summed E-state index contributed by atoms with van der Waals surface area (Å²) in [5.41, 5.74) is 1.20. The van der Waals surface area contributed by atoms with Crippen LogP contribution >= 0.6 is 11.6 Å². The van der Waals surface area contributed by atoms with Crippen molar-refractivity contribution in [1.82, 2.24) is 20.4 Å². The number of aromatic nitrogens is 2. The highest BCUT2D eigenvalue weighted by molar-refractivity contribution is 6.30. The average Bonchev–Trinajstić information content (AvgIpc) is 3.20. The van der Waals surface area contributed by atoms with Crippen molar-refractivity contribution in [1.29, 1.82) is 0 Å². The highest BCUT2D eigenvalue weighted by Crippen LogP contribution is 2.27. The number of hydrogen-bond donors (Lipinski definition) is 2. The molecule has 8 nitrogen and oxygen atoms in total. The number of carbonyl (C=O) groups excluding carboxylic acids is 2. The second-order valence-electron chi connectivity index (χ2n) is 7.35. The summed E-state index contributed by atoms with van der Waals surface area (Å²) in [5.74, 6) is -1.28. The summed E-state index contributed by atoms with van der Waals surface area (Å²) >= 11 is 5.92. The molecule has 2 heterocycles. The molecule has 0 atom stereocenters. The maximum absolute atomic E-state index is 12.5. The van der Waals surface area contributed by atoms with Crippen LogP contribution in [0.5, 0.6) is 5.75 Å². The van der Waals surface area contributed by atoms with Crippen LogP contribution in [0.4, 0.5) is 18.9 Å².